The van der Waals surface area contributed by atoms with Crippen molar-refractivity contribution in [2.45, 2.75) is 45.7 Å². The number of rotatable bonds is 5. The third kappa shape index (κ3) is 2.58. The van der Waals surface area contributed by atoms with E-state index in [1.165, 1.54) is 24.4 Å². The topological polar surface area (TPSA) is 71.2 Å². The lowest BCUT2D eigenvalue weighted by atomic mass is 10.2. The van der Waals surface area contributed by atoms with Crippen molar-refractivity contribution < 1.29 is 4.79 Å². The molecule has 0 aromatic carbocycles. The standard InChI is InChI=1S/C12H20N4OS/c1-4-16(8-5-6-8)12-9(10(13)15-18-12)11(17)14-7(2)3/h7-8H,4-6H2,1-3H3,(H2,13,15)(H,14,17). The molecule has 1 saturated carbocycles. The molecule has 0 aliphatic heterocycles. The lowest BCUT2D eigenvalue weighted by molar-refractivity contribution is 0.0945. The van der Waals surface area contributed by atoms with E-state index in [4.69, 9.17) is 5.73 Å². The Morgan fingerprint density at radius 1 is 1.61 bits per heavy atom. The molecule has 1 amide bonds. The van der Waals surface area contributed by atoms with Crippen LogP contribution in [0.5, 0.6) is 0 Å². The molecular weight excluding hydrogens is 248 g/mol. The summed E-state index contributed by atoms with van der Waals surface area (Å²) in [4.78, 5) is 14.4. The fourth-order valence-corrected chi connectivity index (χ4v) is 2.94. The van der Waals surface area contributed by atoms with E-state index >= 15 is 0 Å². The van der Waals surface area contributed by atoms with Gasteiger partial charge < -0.3 is 16.0 Å². The smallest absolute Gasteiger partial charge is 0.258 e. The van der Waals surface area contributed by atoms with Crippen LogP contribution in [-0.2, 0) is 0 Å². The van der Waals surface area contributed by atoms with E-state index in [0.717, 1.165) is 11.5 Å². The third-order valence-electron chi connectivity index (χ3n) is 2.94. The van der Waals surface area contributed by atoms with Gasteiger partial charge in [-0.05, 0) is 45.1 Å². The fourth-order valence-electron chi connectivity index (χ4n) is 1.99. The van der Waals surface area contributed by atoms with Crippen LogP contribution in [0.15, 0.2) is 0 Å². The first-order chi connectivity index (χ1) is 8.54. The van der Waals surface area contributed by atoms with Gasteiger partial charge in [-0.3, -0.25) is 4.79 Å². The maximum Gasteiger partial charge on any atom is 0.258 e. The number of carbonyl (C=O) groups excluding carboxylic acids is 1. The molecule has 1 heterocycles. The number of hydrogen-bond acceptors (Lipinski definition) is 5. The zero-order valence-electron chi connectivity index (χ0n) is 11.1. The number of nitrogens with two attached hydrogens (primary N) is 1. The number of anilines is 2. The molecule has 1 aromatic rings. The highest BCUT2D eigenvalue weighted by Crippen LogP contribution is 2.38. The van der Waals surface area contributed by atoms with Crippen LogP contribution in [0, 0.1) is 0 Å². The van der Waals surface area contributed by atoms with Crippen molar-refractivity contribution in [2.75, 3.05) is 17.2 Å². The van der Waals surface area contributed by atoms with Gasteiger partial charge in [0.05, 0.1) is 0 Å². The molecule has 1 aliphatic rings. The Kier molecular flexibility index (Phi) is 3.75. The van der Waals surface area contributed by atoms with Crippen LogP contribution >= 0.6 is 11.5 Å². The first kappa shape index (κ1) is 13.1. The predicted molar refractivity (Wildman–Crippen MR) is 75.2 cm³/mol. The highest BCUT2D eigenvalue weighted by molar-refractivity contribution is 7.11. The second kappa shape index (κ2) is 5.14. The normalized spacial score (nSPS) is 14.9. The Morgan fingerprint density at radius 2 is 2.28 bits per heavy atom. The van der Waals surface area contributed by atoms with Crippen molar-refractivity contribution in [1.29, 1.82) is 0 Å². The van der Waals surface area contributed by atoms with Gasteiger partial charge in [0, 0.05) is 18.6 Å². The van der Waals surface area contributed by atoms with E-state index < -0.39 is 0 Å². The summed E-state index contributed by atoms with van der Waals surface area (Å²) < 4.78 is 4.14. The van der Waals surface area contributed by atoms with E-state index in [-0.39, 0.29) is 11.9 Å². The minimum absolute atomic E-state index is 0.0978. The Hall–Kier alpha value is -1.30. The monoisotopic (exact) mass is 268 g/mol. The van der Waals surface area contributed by atoms with Gasteiger partial charge in [-0.1, -0.05) is 0 Å². The fraction of sp³-hybridized carbons (Fsp3) is 0.667. The highest BCUT2D eigenvalue weighted by Gasteiger charge is 2.33. The molecule has 5 nitrogen and oxygen atoms in total. The lowest BCUT2D eigenvalue weighted by Crippen LogP contribution is -2.33. The average Bonchev–Trinajstić information content (AvgIpc) is 3.03. The molecule has 0 bridgehead atoms. The maximum atomic E-state index is 12.2. The van der Waals surface area contributed by atoms with Gasteiger partial charge in [0.25, 0.3) is 5.91 Å². The van der Waals surface area contributed by atoms with E-state index in [0.29, 0.717) is 17.4 Å². The van der Waals surface area contributed by atoms with Gasteiger partial charge in [0.2, 0.25) is 0 Å². The zero-order chi connectivity index (χ0) is 13.3. The highest BCUT2D eigenvalue weighted by atomic mass is 32.1. The summed E-state index contributed by atoms with van der Waals surface area (Å²) >= 11 is 1.32. The molecule has 1 aromatic heterocycles. The van der Waals surface area contributed by atoms with Crippen LogP contribution in [0.25, 0.3) is 0 Å². The second-order valence-electron chi connectivity index (χ2n) is 4.89. The predicted octanol–water partition coefficient (Wildman–Crippen LogP) is 1.85. The number of hydrogen-bond donors (Lipinski definition) is 2. The Balaban J connectivity index is 2.28. The molecule has 18 heavy (non-hydrogen) atoms. The van der Waals surface area contributed by atoms with Crippen LogP contribution in [-0.4, -0.2) is 28.9 Å². The largest absolute Gasteiger partial charge is 0.382 e. The number of nitrogens with one attached hydrogen (secondary N) is 1. The van der Waals surface area contributed by atoms with Crippen molar-refractivity contribution in [3.63, 3.8) is 0 Å². The zero-order valence-corrected chi connectivity index (χ0v) is 11.9. The van der Waals surface area contributed by atoms with Crippen molar-refractivity contribution >= 4 is 28.3 Å². The lowest BCUT2D eigenvalue weighted by Gasteiger charge is -2.21. The molecule has 100 valence electrons. The molecule has 2 rings (SSSR count). The number of carbonyl (C=O) groups is 1. The molecule has 3 N–H and O–H groups in total. The first-order valence-corrected chi connectivity index (χ1v) is 7.14. The molecule has 0 atom stereocenters. The average molecular weight is 268 g/mol. The van der Waals surface area contributed by atoms with Crippen molar-refractivity contribution in [1.82, 2.24) is 9.69 Å². The van der Waals surface area contributed by atoms with Crippen molar-refractivity contribution in [2.24, 2.45) is 0 Å². The Labute approximate surface area is 112 Å². The minimum atomic E-state index is -0.120. The number of aromatic nitrogens is 1. The number of nitrogens with zero attached hydrogens (tertiary/aromatic N) is 2. The summed E-state index contributed by atoms with van der Waals surface area (Å²) in [6, 6.07) is 0.654. The van der Waals surface area contributed by atoms with Gasteiger partial charge in [0.1, 0.15) is 10.6 Å². The molecule has 6 heteroatoms. The van der Waals surface area contributed by atoms with Crippen molar-refractivity contribution in [3.8, 4) is 0 Å². The maximum absolute atomic E-state index is 12.2. The molecule has 0 radical (unpaired) electrons. The summed E-state index contributed by atoms with van der Waals surface area (Å²) in [5.41, 5.74) is 6.39. The van der Waals surface area contributed by atoms with Crippen LogP contribution in [0.3, 0.4) is 0 Å². The Morgan fingerprint density at radius 3 is 2.78 bits per heavy atom. The van der Waals surface area contributed by atoms with Crippen LogP contribution in [0.4, 0.5) is 10.8 Å². The summed E-state index contributed by atoms with van der Waals surface area (Å²) in [6.45, 7) is 6.85. The summed E-state index contributed by atoms with van der Waals surface area (Å²) in [6.07, 6.45) is 2.38. The van der Waals surface area contributed by atoms with Crippen LogP contribution < -0.4 is 16.0 Å². The second-order valence-corrected chi connectivity index (χ2v) is 5.65. The van der Waals surface area contributed by atoms with E-state index in [1.807, 2.05) is 13.8 Å². The molecular formula is C12H20N4OS. The minimum Gasteiger partial charge on any atom is -0.382 e. The molecule has 0 saturated heterocycles. The summed E-state index contributed by atoms with van der Waals surface area (Å²) in [5, 5.41) is 3.80. The first-order valence-electron chi connectivity index (χ1n) is 6.37. The van der Waals surface area contributed by atoms with E-state index in [2.05, 4.69) is 21.5 Å². The van der Waals surface area contributed by atoms with Crippen LogP contribution in [0.2, 0.25) is 0 Å². The van der Waals surface area contributed by atoms with E-state index in [1.54, 1.807) is 0 Å². The quantitative estimate of drug-likeness (QED) is 0.855. The van der Waals surface area contributed by atoms with Gasteiger partial charge >= 0.3 is 0 Å². The Bertz CT molecular complexity index is 439. The van der Waals surface area contributed by atoms with Crippen molar-refractivity contribution in [3.05, 3.63) is 5.56 Å². The van der Waals surface area contributed by atoms with Gasteiger partial charge in [-0.15, -0.1) is 0 Å². The number of amides is 1. The van der Waals surface area contributed by atoms with E-state index in [9.17, 15) is 4.79 Å². The summed E-state index contributed by atoms with van der Waals surface area (Å²) in [5.74, 6) is 0.220. The van der Waals surface area contributed by atoms with Gasteiger partial charge in [-0.25, -0.2) is 0 Å². The third-order valence-corrected chi connectivity index (χ3v) is 3.84. The van der Waals surface area contributed by atoms with Crippen LogP contribution in [0.1, 0.15) is 44.0 Å². The molecule has 1 aliphatic carbocycles. The van der Waals surface area contributed by atoms with Gasteiger partial charge in [0.15, 0.2) is 5.82 Å². The summed E-state index contributed by atoms with van der Waals surface area (Å²) in [7, 11) is 0. The molecule has 1 fully saturated rings. The molecule has 0 spiro atoms. The number of nitrogen functional groups attached to an aromatic ring is 1. The van der Waals surface area contributed by atoms with Gasteiger partial charge in [-0.2, -0.15) is 4.37 Å². The molecule has 0 unspecified atom stereocenters. The SMILES string of the molecule is CCN(c1snc(N)c1C(=O)NC(C)C)C1CC1.